The Bertz CT molecular complexity index is 8.49. The summed E-state index contributed by atoms with van der Waals surface area (Å²) in [4.78, 5) is 0. The molecule has 6 nitrogen and oxygen atoms in total. The first kappa shape index (κ1) is 555. The second-order valence-corrected chi connectivity index (χ2v) is 0. The summed E-state index contributed by atoms with van der Waals surface area (Å²) in [5.74, 6) is 0. The molecule has 0 spiro atoms. The summed E-state index contributed by atoms with van der Waals surface area (Å²) in [6.45, 7) is 0. The number of hydrogen-bond donors (Lipinski definition) is 0. The molecule has 0 bridgehead atoms. The Kier molecular flexibility index (Phi) is 26300. The molecule has 0 aromatic rings. The Morgan fingerprint density at radius 2 is 0.375 bits per heavy atom. The van der Waals surface area contributed by atoms with Crippen molar-refractivity contribution < 1.29 is 56.8 Å². The van der Waals surface area contributed by atoms with Gasteiger partial charge in [-0.15, -0.1) is 0 Å². The van der Waals surface area contributed by atoms with E-state index >= 15 is 0 Å². The fourth-order valence-corrected chi connectivity index (χ4v) is 0. The fraction of sp³-hybridized carbons (Fsp3) is 0. The molecule has 0 saturated heterocycles. The fourth-order valence-electron chi connectivity index (χ4n) is 0. The van der Waals surface area contributed by atoms with E-state index in [1.165, 1.54) is 0 Å². The van der Waals surface area contributed by atoms with Gasteiger partial charge in [0.05, 0.1) is 0 Å². The molecule has 0 heterocycles. The van der Waals surface area contributed by atoms with E-state index in [-0.39, 0.29) is 74.2 Å². The van der Waals surface area contributed by atoms with E-state index < -0.39 is 0 Å². The number of rotatable bonds is 0. The maximum absolute atomic E-state index is 0. The summed E-state index contributed by atoms with van der Waals surface area (Å²) in [5.41, 5.74) is 0. The molecule has 0 atom stereocenters. The van der Waals surface area contributed by atoms with Gasteiger partial charge in [-0.1, -0.05) is 0 Å². The molecule has 56 valence electrons. The van der Waals surface area contributed by atoms with Crippen molar-refractivity contribution in [1.29, 1.82) is 0 Å². The van der Waals surface area contributed by atoms with Crippen molar-refractivity contribution in [2.75, 3.05) is 0 Å². The van der Waals surface area contributed by atoms with Crippen LogP contribution in [-0.4, -0.2) is 50.2 Å². The second kappa shape index (κ2) is 378. The van der Waals surface area contributed by atoms with Crippen molar-refractivity contribution in [3.63, 3.8) is 0 Å². The quantitative estimate of drug-likeness (QED) is 0.296. The van der Waals surface area contributed by atoms with Crippen molar-refractivity contribution in [2.24, 2.45) is 0 Å². The predicted octanol–water partition coefficient (Wildman–Crippen LogP) is -8.32. The maximum Gasteiger partial charge on any atom is 3.00 e. The van der Waals surface area contributed by atoms with Gasteiger partial charge in [0, 0.05) is 0 Å². The van der Waals surface area contributed by atoms with Gasteiger partial charge in [-0.3, -0.25) is 0 Å². The third-order valence-corrected chi connectivity index (χ3v) is 0. The maximum atomic E-state index is 0. The van der Waals surface area contributed by atoms with Crippen LogP contribution in [-0.2, 0) is 0 Å². The summed E-state index contributed by atoms with van der Waals surface area (Å²) in [5, 5.41) is 0. The summed E-state index contributed by atoms with van der Waals surface area (Å²) in [6.07, 6.45) is 0. The minimum atomic E-state index is 0. The van der Waals surface area contributed by atoms with Crippen LogP contribution in [0.25, 0.3) is 0 Å². The van der Waals surface area contributed by atoms with Crippen LogP contribution in [0.15, 0.2) is 0 Å². The first-order chi connectivity index (χ1) is 0. The van der Waals surface area contributed by atoms with E-state index in [1.54, 1.807) is 0 Å². The molecule has 0 saturated carbocycles. The van der Waals surface area contributed by atoms with Crippen LogP contribution in [0.2, 0.25) is 0 Å². The van der Waals surface area contributed by atoms with Gasteiger partial charge in [0.1, 0.15) is 0 Å². The normalized spacial score (nSPS) is 0. The summed E-state index contributed by atoms with van der Waals surface area (Å²) >= 11 is 0. The number of halogens is 1. The van der Waals surface area contributed by atoms with Crippen molar-refractivity contribution in [3.8, 4) is 0 Å². The van der Waals surface area contributed by atoms with Gasteiger partial charge in [-0.2, -0.15) is 0 Å². The Labute approximate surface area is 74.3 Å². The van der Waals surface area contributed by atoms with Crippen LogP contribution in [0.4, 0.5) is 0 Å². The van der Waals surface area contributed by atoms with Crippen molar-refractivity contribution in [2.45, 2.75) is 0 Å². The van der Waals surface area contributed by atoms with E-state index in [0.717, 1.165) is 0 Å². The summed E-state index contributed by atoms with van der Waals surface area (Å²) in [7, 11) is 0. The topological polar surface area (TPSA) is 189 Å². The van der Waals surface area contributed by atoms with Crippen molar-refractivity contribution in [1.82, 2.24) is 0 Å². The largest absolute Gasteiger partial charge is 3.00 e. The van der Waals surface area contributed by atoms with Gasteiger partial charge >= 0.3 is 17.4 Å². The Hall–Kier alpha value is 1.02. The first-order valence-corrected chi connectivity index (χ1v) is 0. The zero-order valence-corrected chi connectivity index (χ0v) is 7.27. The van der Waals surface area contributed by atoms with Crippen LogP contribution in [0.5, 0.6) is 0 Å². The molecular formula is H12AlIO6+2. The smallest absolute Gasteiger partial charge is 1.00 e. The molecule has 0 aliphatic rings. The molecule has 0 aromatic carbocycles. The van der Waals surface area contributed by atoms with E-state index in [9.17, 15) is 0 Å². The minimum absolute atomic E-state index is 0. The minimum Gasteiger partial charge on any atom is -1.00 e. The van der Waals surface area contributed by atoms with Crippen molar-refractivity contribution >= 4 is 17.4 Å². The Morgan fingerprint density at radius 3 is 0.375 bits per heavy atom. The number of hydrogen-bond acceptors (Lipinski definition) is 0. The summed E-state index contributed by atoms with van der Waals surface area (Å²) in [6, 6.07) is 0. The van der Waals surface area contributed by atoms with Gasteiger partial charge in [0.2, 0.25) is 0 Å². The van der Waals surface area contributed by atoms with Crippen LogP contribution in [0.3, 0.4) is 0 Å². The first-order valence-electron chi connectivity index (χ1n) is 0. The third kappa shape index (κ3) is 244. The van der Waals surface area contributed by atoms with Crippen LogP contribution in [0, 0.1) is 0 Å². The predicted molar refractivity (Wildman–Crippen MR) is 27.4 cm³/mol. The Balaban J connectivity index is 0. The second-order valence-electron chi connectivity index (χ2n) is 0. The zero-order chi connectivity index (χ0) is 0. The van der Waals surface area contributed by atoms with Gasteiger partial charge in [-0.25, -0.2) is 0 Å². The molecule has 0 aromatic heterocycles. The molecule has 0 fully saturated rings. The molecule has 12 N–H and O–H groups in total. The average molecular weight is 262 g/mol. The van der Waals surface area contributed by atoms with E-state index in [0.29, 0.717) is 0 Å². The molecule has 0 aliphatic carbocycles. The molecule has 8 heavy (non-hydrogen) atoms. The van der Waals surface area contributed by atoms with Crippen LogP contribution >= 0.6 is 0 Å². The molecule has 8 heteroatoms. The van der Waals surface area contributed by atoms with Gasteiger partial charge < -0.3 is 56.8 Å². The monoisotopic (exact) mass is 262 g/mol. The van der Waals surface area contributed by atoms with Crippen molar-refractivity contribution in [3.05, 3.63) is 0 Å². The SMILES string of the molecule is O.O.O.O.O.O.[Al+3].[I-]. The third-order valence-electron chi connectivity index (χ3n) is 0. The standard InChI is InChI=1S/Al.HI.6H2O/h;1H;6*1H2/q+3;;;;;;;/p-1. The van der Waals surface area contributed by atoms with Gasteiger partial charge in [0.15, 0.2) is 0 Å². The summed E-state index contributed by atoms with van der Waals surface area (Å²) < 4.78 is 0. The zero-order valence-electron chi connectivity index (χ0n) is 3.96. The van der Waals surface area contributed by atoms with Gasteiger partial charge in [0.25, 0.3) is 0 Å². The van der Waals surface area contributed by atoms with Crippen LogP contribution in [0.1, 0.15) is 0 Å². The Morgan fingerprint density at radius 1 is 0.375 bits per heavy atom. The van der Waals surface area contributed by atoms with E-state index in [2.05, 4.69) is 0 Å². The molecule has 0 radical (unpaired) electrons. The molecule has 0 aliphatic heterocycles. The average Bonchev–Trinajstić information content (AvgIpc) is 0. The van der Waals surface area contributed by atoms with Crippen LogP contribution < -0.4 is 24.0 Å². The van der Waals surface area contributed by atoms with E-state index in [4.69, 9.17) is 0 Å². The van der Waals surface area contributed by atoms with E-state index in [1.807, 2.05) is 0 Å². The molecular weight excluding hydrogens is 250 g/mol. The molecule has 0 unspecified atom stereocenters. The molecule has 0 amide bonds. The molecule has 0 rings (SSSR count). The van der Waals surface area contributed by atoms with Gasteiger partial charge in [-0.05, 0) is 0 Å².